The summed E-state index contributed by atoms with van der Waals surface area (Å²) in [5.41, 5.74) is 2.34. The summed E-state index contributed by atoms with van der Waals surface area (Å²) in [5.74, 6) is 2.73. The first kappa shape index (κ1) is 16.2. The molecule has 0 N–H and O–H groups in total. The minimum atomic E-state index is 0.727. The number of aromatic nitrogens is 5. The maximum absolute atomic E-state index is 5.19. The molecule has 2 heterocycles. The first-order valence-corrected chi connectivity index (χ1v) is 8.23. The van der Waals surface area contributed by atoms with Gasteiger partial charge in [0.25, 0.3) is 0 Å². The summed E-state index contributed by atoms with van der Waals surface area (Å²) < 4.78 is 9.18. The lowest BCUT2D eigenvalue weighted by molar-refractivity contribution is 0.414. The van der Waals surface area contributed by atoms with Crippen molar-refractivity contribution in [2.75, 3.05) is 7.11 Å². The number of ether oxygens (including phenoxy) is 1. The fourth-order valence-corrected chi connectivity index (χ4v) is 2.70. The molecule has 24 heavy (non-hydrogen) atoms. The molecule has 6 heteroatoms. The maximum atomic E-state index is 5.19. The number of rotatable bonds is 7. The van der Waals surface area contributed by atoms with Crippen LogP contribution in [-0.2, 0) is 25.9 Å². The summed E-state index contributed by atoms with van der Waals surface area (Å²) in [5, 5.41) is 8.96. The second-order valence-corrected chi connectivity index (χ2v) is 5.73. The molecule has 3 aromatic rings. The van der Waals surface area contributed by atoms with Crippen LogP contribution in [0.5, 0.6) is 5.75 Å². The summed E-state index contributed by atoms with van der Waals surface area (Å²) in [6.07, 6.45) is 3.38. The average Bonchev–Trinajstić information content (AvgIpc) is 3.19. The van der Waals surface area contributed by atoms with Crippen LogP contribution < -0.4 is 4.74 Å². The molecule has 3 rings (SSSR count). The Morgan fingerprint density at radius 3 is 2.50 bits per heavy atom. The van der Waals surface area contributed by atoms with Crippen LogP contribution in [0.25, 0.3) is 0 Å². The van der Waals surface area contributed by atoms with Crippen molar-refractivity contribution in [2.45, 2.75) is 39.8 Å². The van der Waals surface area contributed by atoms with Gasteiger partial charge in [0.1, 0.15) is 11.6 Å². The molecule has 0 spiro atoms. The standard InChI is InChI=1S/C18H23N5O/c1-4-22-18(10-12-23-14(2)9-11-19-23)20-17(21-22)13-15-5-7-16(24-3)8-6-15/h5-9,11H,4,10,12-13H2,1-3H3. The van der Waals surface area contributed by atoms with Crippen molar-refractivity contribution in [3.05, 3.63) is 59.4 Å². The van der Waals surface area contributed by atoms with Gasteiger partial charge in [-0.05, 0) is 37.6 Å². The summed E-state index contributed by atoms with van der Waals surface area (Å²) >= 11 is 0. The molecule has 0 amide bonds. The van der Waals surface area contributed by atoms with Gasteiger partial charge in [0, 0.05) is 37.8 Å². The molecule has 0 unspecified atom stereocenters. The molecule has 0 saturated heterocycles. The van der Waals surface area contributed by atoms with E-state index in [-0.39, 0.29) is 0 Å². The van der Waals surface area contributed by atoms with Gasteiger partial charge < -0.3 is 4.74 Å². The van der Waals surface area contributed by atoms with Crippen LogP contribution in [0.4, 0.5) is 0 Å². The Bertz CT molecular complexity index is 788. The largest absolute Gasteiger partial charge is 0.497 e. The van der Waals surface area contributed by atoms with Gasteiger partial charge in [0.15, 0.2) is 5.82 Å². The Morgan fingerprint density at radius 2 is 1.88 bits per heavy atom. The van der Waals surface area contributed by atoms with Crippen molar-refractivity contribution in [3.8, 4) is 5.75 Å². The maximum Gasteiger partial charge on any atom is 0.155 e. The van der Waals surface area contributed by atoms with Crippen molar-refractivity contribution < 1.29 is 4.74 Å². The third-order valence-electron chi connectivity index (χ3n) is 4.09. The number of nitrogens with zero attached hydrogens (tertiary/aromatic N) is 5. The Morgan fingerprint density at radius 1 is 1.08 bits per heavy atom. The van der Waals surface area contributed by atoms with Gasteiger partial charge in [-0.3, -0.25) is 9.36 Å². The van der Waals surface area contributed by atoms with Crippen molar-refractivity contribution in [2.24, 2.45) is 0 Å². The lowest BCUT2D eigenvalue weighted by atomic mass is 10.1. The van der Waals surface area contributed by atoms with Gasteiger partial charge in [0.05, 0.1) is 7.11 Å². The van der Waals surface area contributed by atoms with Crippen LogP contribution in [0.1, 0.15) is 29.8 Å². The Kier molecular flexibility index (Phi) is 4.93. The topological polar surface area (TPSA) is 57.8 Å². The Balaban J connectivity index is 1.70. The number of hydrogen-bond acceptors (Lipinski definition) is 4. The van der Waals surface area contributed by atoms with E-state index in [9.17, 15) is 0 Å². The highest BCUT2D eigenvalue weighted by Crippen LogP contribution is 2.14. The molecule has 0 aliphatic carbocycles. The number of methoxy groups -OCH3 is 1. The molecule has 0 atom stereocenters. The zero-order valence-electron chi connectivity index (χ0n) is 14.4. The molecule has 2 aromatic heterocycles. The van der Waals surface area contributed by atoms with E-state index >= 15 is 0 Å². The SMILES string of the molecule is CCn1nc(Cc2ccc(OC)cc2)nc1CCn1nccc1C. The van der Waals surface area contributed by atoms with E-state index in [1.165, 1.54) is 5.56 Å². The molecule has 6 nitrogen and oxygen atoms in total. The van der Waals surface area contributed by atoms with E-state index in [4.69, 9.17) is 9.72 Å². The second-order valence-electron chi connectivity index (χ2n) is 5.73. The van der Waals surface area contributed by atoms with Crippen molar-refractivity contribution in [3.63, 3.8) is 0 Å². The van der Waals surface area contributed by atoms with Crippen molar-refractivity contribution >= 4 is 0 Å². The summed E-state index contributed by atoms with van der Waals surface area (Å²) in [6, 6.07) is 10.1. The first-order chi connectivity index (χ1) is 11.7. The fourth-order valence-electron chi connectivity index (χ4n) is 2.70. The third kappa shape index (κ3) is 3.64. The quantitative estimate of drug-likeness (QED) is 0.670. The average molecular weight is 325 g/mol. The third-order valence-corrected chi connectivity index (χ3v) is 4.09. The molecule has 0 fully saturated rings. The van der Waals surface area contributed by atoms with Gasteiger partial charge in [0.2, 0.25) is 0 Å². The number of aryl methyl sites for hydroxylation is 4. The molecule has 0 saturated carbocycles. The number of hydrogen-bond donors (Lipinski definition) is 0. The Hall–Kier alpha value is -2.63. The van der Waals surface area contributed by atoms with E-state index in [0.29, 0.717) is 0 Å². The van der Waals surface area contributed by atoms with Gasteiger partial charge in [-0.25, -0.2) is 4.98 Å². The normalized spacial score (nSPS) is 11.0. The van der Waals surface area contributed by atoms with Crippen molar-refractivity contribution in [1.82, 2.24) is 24.5 Å². The molecular formula is C18H23N5O. The summed E-state index contributed by atoms with van der Waals surface area (Å²) in [4.78, 5) is 4.73. The summed E-state index contributed by atoms with van der Waals surface area (Å²) in [6.45, 7) is 5.80. The van der Waals surface area contributed by atoms with E-state index in [1.807, 2.05) is 33.8 Å². The molecule has 0 radical (unpaired) electrons. The van der Waals surface area contributed by atoms with Crippen LogP contribution in [0.3, 0.4) is 0 Å². The number of benzene rings is 1. The van der Waals surface area contributed by atoms with Gasteiger partial charge in [-0.1, -0.05) is 12.1 Å². The van der Waals surface area contributed by atoms with Crippen LogP contribution >= 0.6 is 0 Å². The highest BCUT2D eigenvalue weighted by Gasteiger charge is 2.10. The highest BCUT2D eigenvalue weighted by molar-refractivity contribution is 5.28. The molecule has 1 aromatic carbocycles. The fraction of sp³-hybridized carbons (Fsp3) is 0.389. The second kappa shape index (κ2) is 7.29. The Labute approximate surface area is 142 Å². The zero-order valence-corrected chi connectivity index (χ0v) is 14.4. The van der Waals surface area contributed by atoms with Crippen LogP contribution in [0.15, 0.2) is 36.5 Å². The first-order valence-electron chi connectivity index (χ1n) is 8.23. The lowest BCUT2D eigenvalue weighted by Crippen LogP contribution is -2.10. The van der Waals surface area contributed by atoms with E-state index in [1.54, 1.807) is 7.11 Å². The van der Waals surface area contributed by atoms with Gasteiger partial charge in [-0.2, -0.15) is 10.2 Å². The smallest absolute Gasteiger partial charge is 0.155 e. The molecule has 0 aliphatic heterocycles. The summed E-state index contributed by atoms with van der Waals surface area (Å²) in [7, 11) is 1.67. The molecule has 126 valence electrons. The van der Waals surface area contributed by atoms with Crippen LogP contribution in [-0.4, -0.2) is 31.7 Å². The van der Waals surface area contributed by atoms with Gasteiger partial charge >= 0.3 is 0 Å². The van der Waals surface area contributed by atoms with E-state index < -0.39 is 0 Å². The van der Waals surface area contributed by atoms with E-state index in [0.717, 1.165) is 49.0 Å². The van der Waals surface area contributed by atoms with Crippen LogP contribution in [0.2, 0.25) is 0 Å². The monoisotopic (exact) mass is 325 g/mol. The van der Waals surface area contributed by atoms with Crippen molar-refractivity contribution in [1.29, 1.82) is 0 Å². The predicted molar refractivity (Wildman–Crippen MR) is 92.2 cm³/mol. The zero-order chi connectivity index (χ0) is 16.9. The lowest BCUT2D eigenvalue weighted by Gasteiger charge is -2.04. The molecule has 0 aliphatic rings. The van der Waals surface area contributed by atoms with Crippen LogP contribution in [0, 0.1) is 6.92 Å². The molecule has 0 bridgehead atoms. The minimum absolute atomic E-state index is 0.727. The predicted octanol–water partition coefficient (Wildman–Crippen LogP) is 2.65. The van der Waals surface area contributed by atoms with Gasteiger partial charge in [-0.15, -0.1) is 0 Å². The minimum Gasteiger partial charge on any atom is -0.497 e. The van der Waals surface area contributed by atoms with E-state index in [2.05, 4.69) is 36.2 Å². The molecular weight excluding hydrogens is 302 g/mol. The highest BCUT2D eigenvalue weighted by atomic mass is 16.5.